The molecule has 3 rings (SSSR count). The number of rotatable bonds is 3. The molecule has 2 N–H and O–H groups in total. The van der Waals surface area contributed by atoms with Gasteiger partial charge in [-0.15, -0.1) is 0 Å². The van der Waals surface area contributed by atoms with Crippen LogP contribution in [-0.4, -0.2) is 23.3 Å². The van der Waals surface area contributed by atoms with E-state index in [9.17, 15) is 9.90 Å². The van der Waals surface area contributed by atoms with Gasteiger partial charge in [-0.1, -0.05) is 29.3 Å². The molecule has 1 heterocycles. The van der Waals surface area contributed by atoms with Crippen molar-refractivity contribution in [2.24, 2.45) is 4.99 Å². The van der Waals surface area contributed by atoms with Gasteiger partial charge in [-0.25, -0.2) is 4.99 Å². The highest BCUT2D eigenvalue weighted by Crippen LogP contribution is 2.33. The van der Waals surface area contributed by atoms with Crippen LogP contribution in [0.2, 0.25) is 10.0 Å². The number of hydrogen-bond acceptors (Lipinski definition) is 5. The Bertz CT molecular complexity index is 913. The first-order valence-corrected chi connectivity index (χ1v) is 8.65. The Kier molecular flexibility index (Phi) is 5.22. The quantitative estimate of drug-likeness (QED) is 0.746. The number of carbonyl (C=O) groups is 1. The Morgan fingerprint density at radius 2 is 2.04 bits per heavy atom. The van der Waals surface area contributed by atoms with Crippen LogP contribution in [0.4, 0.5) is 5.69 Å². The maximum Gasteiger partial charge on any atom is 0.264 e. The molecule has 0 saturated carbocycles. The third-order valence-corrected chi connectivity index (χ3v) is 4.73. The number of phenolic OH excluding ortho intramolecular Hbond substituents is 1. The SMILES string of the molecule is COc1cc(/C=C2/SC(=Nc3ccc(Cl)cc3Cl)NC2=O)ccc1O. The first-order valence-electron chi connectivity index (χ1n) is 7.08. The number of aromatic hydroxyl groups is 1. The molecule has 0 bridgehead atoms. The number of halogens is 2. The van der Waals surface area contributed by atoms with Crippen LogP contribution in [0, 0.1) is 0 Å². The summed E-state index contributed by atoms with van der Waals surface area (Å²) >= 11 is 13.1. The van der Waals surface area contributed by atoms with Crippen molar-refractivity contribution < 1.29 is 14.6 Å². The third-order valence-electron chi connectivity index (χ3n) is 3.28. The number of carbonyl (C=O) groups excluding carboxylic acids is 1. The molecule has 1 aliphatic heterocycles. The Morgan fingerprint density at radius 3 is 2.76 bits per heavy atom. The molecule has 0 radical (unpaired) electrons. The van der Waals surface area contributed by atoms with Crippen LogP contribution in [0.5, 0.6) is 11.5 Å². The number of phenols is 1. The number of thioether (sulfide) groups is 1. The highest BCUT2D eigenvalue weighted by molar-refractivity contribution is 8.18. The third kappa shape index (κ3) is 4.10. The highest BCUT2D eigenvalue weighted by Gasteiger charge is 2.24. The number of amidine groups is 1. The van der Waals surface area contributed by atoms with E-state index in [4.69, 9.17) is 27.9 Å². The zero-order valence-electron chi connectivity index (χ0n) is 12.9. The smallest absolute Gasteiger partial charge is 0.264 e. The Morgan fingerprint density at radius 1 is 1.24 bits per heavy atom. The second kappa shape index (κ2) is 7.39. The maximum absolute atomic E-state index is 12.1. The number of nitrogens with zero attached hydrogens (tertiary/aromatic N) is 1. The average Bonchev–Trinajstić information content (AvgIpc) is 2.91. The zero-order chi connectivity index (χ0) is 18.0. The summed E-state index contributed by atoms with van der Waals surface area (Å²) in [5, 5.41) is 13.7. The highest BCUT2D eigenvalue weighted by atomic mass is 35.5. The molecule has 0 atom stereocenters. The predicted molar refractivity (Wildman–Crippen MR) is 102 cm³/mol. The van der Waals surface area contributed by atoms with Gasteiger partial charge in [-0.3, -0.25) is 4.79 Å². The lowest BCUT2D eigenvalue weighted by atomic mass is 10.2. The van der Waals surface area contributed by atoms with Crippen molar-refractivity contribution in [3.63, 3.8) is 0 Å². The molecule has 5 nitrogen and oxygen atoms in total. The van der Waals surface area contributed by atoms with Crippen LogP contribution in [0.3, 0.4) is 0 Å². The lowest BCUT2D eigenvalue weighted by Gasteiger charge is -2.03. The van der Waals surface area contributed by atoms with E-state index in [1.165, 1.54) is 24.9 Å². The second-order valence-electron chi connectivity index (χ2n) is 5.01. The van der Waals surface area contributed by atoms with Gasteiger partial charge in [-0.2, -0.15) is 0 Å². The van der Waals surface area contributed by atoms with Crippen molar-refractivity contribution in [2.75, 3.05) is 7.11 Å². The fraction of sp³-hybridized carbons (Fsp3) is 0.0588. The number of benzene rings is 2. The summed E-state index contributed by atoms with van der Waals surface area (Å²) in [5.41, 5.74) is 1.24. The van der Waals surface area contributed by atoms with Gasteiger partial charge in [0.25, 0.3) is 5.91 Å². The van der Waals surface area contributed by atoms with Gasteiger partial charge in [0.1, 0.15) is 0 Å². The van der Waals surface area contributed by atoms with E-state index in [0.29, 0.717) is 31.6 Å². The van der Waals surface area contributed by atoms with Crippen molar-refractivity contribution in [1.82, 2.24) is 5.32 Å². The van der Waals surface area contributed by atoms with Crippen molar-refractivity contribution in [1.29, 1.82) is 0 Å². The molecule has 25 heavy (non-hydrogen) atoms. The molecular formula is C17H12Cl2N2O3S. The van der Waals surface area contributed by atoms with Gasteiger partial charge in [0.05, 0.1) is 22.7 Å². The molecule has 8 heteroatoms. The standard InChI is InChI=1S/C17H12Cl2N2O3S/c1-24-14-6-9(2-5-13(14)22)7-15-16(23)21-17(25-15)20-12-4-3-10(18)8-11(12)19/h2-8,22H,1H3,(H,20,21,23)/b15-7+. The molecule has 1 aliphatic rings. The minimum Gasteiger partial charge on any atom is -0.504 e. The van der Waals surface area contributed by atoms with E-state index in [1.807, 2.05) is 0 Å². The van der Waals surface area contributed by atoms with E-state index < -0.39 is 0 Å². The Balaban J connectivity index is 1.86. The summed E-state index contributed by atoms with van der Waals surface area (Å²) in [6, 6.07) is 9.77. The predicted octanol–water partition coefficient (Wildman–Crippen LogP) is 4.60. The number of aliphatic imine (C=N–C) groups is 1. The Labute approximate surface area is 158 Å². The molecule has 1 amide bonds. The molecule has 128 valence electrons. The minimum atomic E-state index is -0.263. The molecular weight excluding hydrogens is 383 g/mol. The fourth-order valence-electron chi connectivity index (χ4n) is 2.10. The van der Waals surface area contributed by atoms with Gasteiger partial charge in [0.2, 0.25) is 0 Å². The van der Waals surface area contributed by atoms with E-state index in [2.05, 4.69) is 10.3 Å². The number of hydrogen-bond donors (Lipinski definition) is 2. The number of methoxy groups -OCH3 is 1. The van der Waals surface area contributed by atoms with Gasteiger partial charge in [0.15, 0.2) is 16.7 Å². The normalized spacial score (nSPS) is 17.2. The van der Waals surface area contributed by atoms with Gasteiger partial charge >= 0.3 is 0 Å². The second-order valence-corrected chi connectivity index (χ2v) is 6.88. The van der Waals surface area contributed by atoms with Gasteiger partial charge in [0, 0.05) is 5.02 Å². The molecule has 0 unspecified atom stereocenters. The number of amides is 1. The van der Waals surface area contributed by atoms with Crippen LogP contribution in [0.1, 0.15) is 5.56 Å². The average molecular weight is 395 g/mol. The van der Waals surface area contributed by atoms with Crippen molar-refractivity contribution in [3.05, 3.63) is 56.9 Å². The summed E-state index contributed by atoms with van der Waals surface area (Å²) in [7, 11) is 1.46. The lowest BCUT2D eigenvalue weighted by Crippen LogP contribution is -2.19. The molecule has 1 saturated heterocycles. The van der Waals surface area contributed by atoms with E-state index in [-0.39, 0.29) is 11.7 Å². The van der Waals surface area contributed by atoms with E-state index >= 15 is 0 Å². The molecule has 2 aromatic rings. The minimum absolute atomic E-state index is 0.0350. The largest absolute Gasteiger partial charge is 0.504 e. The Hall–Kier alpha value is -2.15. The summed E-state index contributed by atoms with van der Waals surface area (Å²) in [5.74, 6) is 0.105. The van der Waals surface area contributed by atoms with Crippen molar-refractivity contribution in [3.8, 4) is 11.5 Å². The topological polar surface area (TPSA) is 70.9 Å². The number of ether oxygens (including phenoxy) is 1. The summed E-state index contributed by atoms with van der Waals surface area (Å²) in [6.45, 7) is 0. The van der Waals surface area contributed by atoms with Crippen LogP contribution < -0.4 is 10.1 Å². The summed E-state index contributed by atoms with van der Waals surface area (Å²) < 4.78 is 5.06. The van der Waals surface area contributed by atoms with Crippen LogP contribution in [0.25, 0.3) is 6.08 Å². The first kappa shape index (κ1) is 17.7. The summed E-state index contributed by atoms with van der Waals surface area (Å²) in [6.07, 6.45) is 1.69. The van der Waals surface area contributed by atoms with Crippen LogP contribution in [-0.2, 0) is 4.79 Å². The molecule has 1 fully saturated rings. The zero-order valence-corrected chi connectivity index (χ0v) is 15.2. The lowest BCUT2D eigenvalue weighted by molar-refractivity contribution is -0.115. The molecule has 0 aliphatic carbocycles. The molecule has 0 spiro atoms. The van der Waals surface area contributed by atoms with E-state index in [1.54, 1.807) is 36.4 Å². The maximum atomic E-state index is 12.1. The molecule has 2 aromatic carbocycles. The van der Waals surface area contributed by atoms with Gasteiger partial charge in [-0.05, 0) is 53.7 Å². The van der Waals surface area contributed by atoms with Crippen LogP contribution in [0.15, 0.2) is 46.3 Å². The summed E-state index contributed by atoms with van der Waals surface area (Å²) in [4.78, 5) is 16.9. The monoisotopic (exact) mass is 394 g/mol. The van der Waals surface area contributed by atoms with Crippen molar-refractivity contribution in [2.45, 2.75) is 0 Å². The van der Waals surface area contributed by atoms with Crippen LogP contribution >= 0.6 is 35.0 Å². The molecule has 0 aromatic heterocycles. The number of nitrogens with one attached hydrogen (secondary N) is 1. The fourth-order valence-corrected chi connectivity index (χ4v) is 3.38. The van der Waals surface area contributed by atoms with Gasteiger partial charge < -0.3 is 15.2 Å². The van der Waals surface area contributed by atoms with Crippen molar-refractivity contribution >= 4 is 57.8 Å². The first-order chi connectivity index (χ1) is 12.0. The van der Waals surface area contributed by atoms with E-state index in [0.717, 1.165) is 5.56 Å².